The minimum Gasteiger partial charge on any atom is -0.315 e. The highest BCUT2D eigenvalue weighted by molar-refractivity contribution is 7.89. The zero-order valence-electron chi connectivity index (χ0n) is 13.7. The van der Waals surface area contributed by atoms with E-state index in [2.05, 4.69) is 4.72 Å². The third kappa shape index (κ3) is 3.58. The smallest absolute Gasteiger partial charge is 0.315 e. The number of likely N-dealkylation sites (N-methyl/N-ethyl adjacent to an activating group) is 1. The van der Waals surface area contributed by atoms with E-state index in [-0.39, 0.29) is 29.3 Å². The maximum absolute atomic E-state index is 12.7. The van der Waals surface area contributed by atoms with Gasteiger partial charge in [-0.05, 0) is 35.4 Å². The number of carbonyl (C=O) groups is 1. The molecule has 3 rings (SSSR count). The van der Waals surface area contributed by atoms with E-state index in [1.165, 1.54) is 29.2 Å². The van der Waals surface area contributed by atoms with Crippen LogP contribution in [-0.4, -0.2) is 21.4 Å². The van der Waals surface area contributed by atoms with Crippen molar-refractivity contribution in [2.75, 3.05) is 11.9 Å². The van der Waals surface area contributed by atoms with Gasteiger partial charge in [0, 0.05) is 19.3 Å². The molecule has 1 N–H and O–H groups in total. The zero-order chi connectivity index (χ0) is 19.1. The molecule has 9 heteroatoms. The van der Waals surface area contributed by atoms with Crippen LogP contribution in [0.25, 0.3) is 0 Å². The summed E-state index contributed by atoms with van der Waals surface area (Å²) >= 11 is 0. The number of benzene rings is 2. The van der Waals surface area contributed by atoms with Crippen molar-refractivity contribution in [2.24, 2.45) is 0 Å². The highest BCUT2D eigenvalue weighted by Gasteiger charge is 2.30. The van der Waals surface area contributed by atoms with Crippen molar-refractivity contribution in [1.29, 1.82) is 0 Å². The molecule has 0 fully saturated rings. The Hall–Kier alpha value is -2.39. The Balaban J connectivity index is 1.79. The summed E-state index contributed by atoms with van der Waals surface area (Å²) in [6.07, 6.45) is -4.38. The lowest BCUT2D eigenvalue weighted by molar-refractivity contribution is -0.137. The van der Waals surface area contributed by atoms with Gasteiger partial charge < -0.3 is 4.90 Å². The monoisotopic (exact) mass is 384 g/mol. The Morgan fingerprint density at radius 1 is 1.15 bits per heavy atom. The number of hydrogen-bond donors (Lipinski definition) is 1. The summed E-state index contributed by atoms with van der Waals surface area (Å²) in [6.45, 7) is -0.276. The van der Waals surface area contributed by atoms with E-state index < -0.39 is 21.8 Å². The van der Waals surface area contributed by atoms with Crippen LogP contribution in [0, 0.1) is 0 Å². The van der Waals surface area contributed by atoms with Gasteiger partial charge in [0.1, 0.15) is 0 Å². The summed E-state index contributed by atoms with van der Waals surface area (Å²) in [4.78, 5) is 13.1. The van der Waals surface area contributed by atoms with E-state index in [0.717, 1.165) is 12.1 Å². The van der Waals surface area contributed by atoms with Crippen LogP contribution < -0.4 is 9.62 Å². The summed E-state index contributed by atoms with van der Waals surface area (Å²) in [5.41, 5.74) is 0.596. The number of alkyl halides is 3. The molecule has 0 saturated heterocycles. The fourth-order valence-corrected chi connectivity index (χ4v) is 3.80. The van der Waals surface area contributed by atoms with E-state index in [4.69, 9.17) is 0 Å². The topological polar surface area (TPSA) is 66.5 Å². The van der Waals surface area contributed by atoms with Gasteiger partial charge in [-0.1, -0.05) is 18.2 Å². The molecule has 0 unspecified atom stereocenters. The van der Waals surface area contributed by atoms with E-state index >= 15 is 0 Å². The van der Waals surface area contributed by atoms with Gasteiger partial charge in [0.2, 0.25) is 15.9 Å². The van der Waals surface area contributed by atoms with E-state index in [1.807, 2.05) is 0 Å². The lowest BCUT2D eigenvalue weighted by Gasteiger charge is -2.12. The fourth-order valence-electron chi connectivity index (χ4n) is 2.73. The number of nitrogens with one attached hydrogen (secondary N) is 1. The van der Waals surface area contributed by atoms with Gasteiger partial charge in [-0.3, -0.25) is 4.79 Å². The number of hydrogen-bond acceptors (Lipinski definition) is 3. The normalized spacial score (nSPS) is 14.6. The van der Waals surface area contributed by atoms with Crippen LogP contribution in [0.3, 0.4) is 0 Å². The second kappa shape index (κ2) is 6.40. The zero-order valence-corrected chi connectivity index (χ0v) is 14.5. The van der Waals surface area contributed by atoms with Crippen molar-refractivity contribution < 1.29 is 26.4 Å². The minimum absolute atomic E-state index is 0.0358. The lowest BCUT2D eigenvalue weighted by atomic mass is 10.1. The molecule has 0 radical (unpaired) electrons. The minimum atomic E-state index is -4.49. The Morgan fingerprint density at radius 2 is 1.88 bits per heavy atom. The number of amides is 1. The molecule has 1 heterocycles. The maximum Gasteiger partial charge on any atom is 0.416 e. The molecule has 0 spiro atoms. The first kappa shape index (κ1) is 18.4. The van der Waals surface area contributed by atoms with E-state index in [0.29, 0.717) is 11.3 Å². The Labute approximate surface area is 148 Å². The van der Waals surface area contributed by atoms with Gasteiger partial charge >= 0.3 is 6.18 Å². The number of carbonyl (C=O) groups excluding carboxylic acids is 1. The highest BCUT2D eigenvalue weighted by atomic mass is 32.2. The van der Waals surface area contributed by atoms with Gasteiger partial charge in [0.15, 0.2) is 0 Å². The average Bonchev–Trinajstić information content (AvgIpc) is 2.86. The van der Waals surface area contributed by atoms with Crippen molar-refractivity contribution in [3.63, 3.8) is 0 Å². The largest absolute Gasteiger partial charge is 0.416 e. The number of fused-ring (bicyclic) bond motifs is 1. The van der Waals surface area contributed by atoms with Gasteiger partial charge in [-0.2, -0.15) is 13.2 Å². The van der Waals surface area contributed by atoms with Crippen molar-refractivity contribution in [1.82, 2.24) is 4.72 Å². The molecule has 5 nitrogen and oxygen atoms in total. The SMILES string of the molecule is CN1C(=O)Cc2cc(S(=O)(=O)NCc3cccc(C(F)(F)F)c3)ccc21. The predicted octanol–water partition coefficient (Wildman–Crippen LogP) is 2.70. The number of nitrogens with zero attached hydrogens (tertiary/aromatic N) is 1. The van der Waals surface area contributed by atoms with Gasteiger partial charge in [0.25, 0.3) is 0 Å². The quantitative estimate of drug-likeness (QED) is 0.882. The molecule has 2 aromatic carbocycles. The van der Waals surface area contributed by atoms with Crippen LogP contribution >= 0.6 is 0 Å². The van der Waals surface area contributed by atoms with Crippen LogP contribution in [-0.2, 0) is 34.0 Å². The third-order valence-electron chi connectivity index (χ3n) is 4.16. The summed E-state index contributed by atoms with van der Waals surface area (Å²) in [6, 6.07) is 8.77. The fraction of sp³-hybridized carbons (Fsp3) is 0.235. The maximum atomic E-state index is 12.7. The van der Waals surface area contributed by atoms with Crippen molar-refractivity contribution in [3.8, 4) is 0 Å². The van der Waals surface area contributed by atoms with Gasteiger partial charge in [0.05, 0.1) is 16.9 Å². The number of halogens is 3. The van der Waals surface area contributed by atoms with Crippen molar-refractivity contribution >= 4 is 21.6 Å². The Morgan fingerprint density at radius 3 is 2.58 bits per heavy atom. The van der Waals surface area contributed by atoms with Crippen LogP contribution in [0.2, 0.25) is 0 Å². The van der Waals surface area contributed by atoms with Gasteiger partial charge in [-0.15, -0.1) is 0 Å². The summed E-state index contributed by atoms with van der Waals surface area (Å²) in [5, 5.41) is 0. The standard InChI is InChI=1S/C17H15F3N2O3S/c1-22-15-6-5-14(8-12(15)9-16(22)23)26(24,25)21-10-11-3-2-4-13(7-11)17(18,19)20/h2-8,21H,9-10H2,1H3. The molecule has 0 atom stereocenters. The average molecular weight is 384 g/mol. The molecule has 0 aliphatic carbocycles. The van der Waals surface area contributed by atoms with Crippen molar-refractivity contribution in [2.45, 2.75) is 24.0 Å². The van der Waals surface area contributed by atoms with Crippen LogP contribution in [0.4, 0.5) is 18.9 Å². The van der Waals surface area contributed by atoms with E-state index in [1.54, 1.807) is 13.1 Å². The number of sulfonamides is 1. The van der Waals surface area contributed by atoms with Gasteiger partial charge in [-0.25, -0.2) is 13.1 Å². The molecule has 1 amide bonds. The Bertz CT molecular complexity index is 971. The second-order valence-corrected chi connectivity index (χ2v) is 7.71. The number of anilines is 1. The molecular formula is C17H15F3N2O3S. The lowest BCUT2D eigenvalue weighted by Crippen LogP contribution is -2.23. The molecule has 1 aliphatic heterocycles. The van der Waals surface area contributed by atoms with Crippen LogP contribution in [0.1, 0.15) is 16.7 Å². The molecule has 138 valence electrons. The molecule has 0 bridgehead atoms. The molecule has 1 aliphatic rings. The first-order chi connectivity index (χ1) is 12.1. The first-order valence-electron chi connectivity index (χ1n) is 7.63. The van der Waals surface area contributed by atoms with Crippen molar-refractivity contribution in [3.05, 3.63) is 59.2 Å². The van der Waals surface area contributed by atoms with Crippen LogP contribution in [0.15, 0.2) is 47.4 Å². The first-order valence-corrected chi connectivity index (χ1v) is 9.11. The second-order valence-electron chi connectivity index (χ2n) is 5.94. The Kier molecular flexibility index (Phi) is 4.53. The summed E-state index contributed by atoms with van der Waals surface area (Å²) < 4.78 is 65.3. The predicted molar refractivity (Wildman–Crippen MR) is 89.0 cm³/mol. The molecule has 26 heavy (non-hydrogen) atoms. The van der Waals surface area contributed by atoms with Crippen LogP contribution in [0.5, 0.6) is 0 Å². The number of rotatable bonds is 4. The molecule has 0 aromatic heterocycles. The third-order valence-corrected chi connectivity index (χ3v) is 5.56. The summed E-state index contributed by atoms with van der Waals surface area (Å²) in [5.74, 6) is -0.133. The molecular weight excluding hydrogens is 369 g/mol. The molecule has 0 saturated carbocycles. The van der Waals surface area contributed by atoms with E-state index in [9.17, 15) is 26.4 Å². The molecule has 2 aromatic rings. The highest BCUT2D eigenvalue weighted by Crippen LogP contribution is 2.31. The summed E-state index contributed by atoms with van der Waals surface area (Å²) in [7, 11) is -2.32.